The summed E-state index contributed by atoms with van der Waals surface area (Å²) in [5.74, 6) is -0.433. The second-order valence-corrected chi connectivity index (χ2v) is 13.8. The molecule has 256 valence electrons. The van der Waals surface area contributed by atoms with E-state index in [9.17, 15) is 20.0 Å². The fourth-order valence-electron chi connectivity index (χ4n) is 5.73. The molecule has 0 saturated carbocycles. The average molecular weight is 687 g/mol. The fourth-order valence-corrected chi connectivity index (χ4v) is 6.55. The summed E-state index contributed by atoms with van der Waals surface area (Å²) in [6, 6.07) is 25.4. The number of pyridine rings is 1. The van der Waals surface area contributed by atoms with Crippen LogP contribution in [0.5, 0.6) is 0 Å². The minimum Gasteiger partial charge on any atom is -0.389 e. The zero-order valence-electron chi connectivity index (χ0n) is 29.0. The van der Waals surface area contributed by atoms with Crippen molar-refractivity contribution in [2.45, 2.75) is 51.8 Å². The third kappa shape index (κ3) is 8.99. The molecular formula is C40H42N6O3S. The van der Waals surface area contributed by atoms with Gasteiger partial charge in [-0.2, -0.15) is 5.26 Å². The van der Waals surface area contributed by atoms with Crippen LogP contribution in [-0.4, -0.2) is 64.6 Å². The molecular weight excluding hydrogens is 645 g/mol. The Bertz CT molecular complexity index is 1990. The second-order valence-electron chi connectivity index (χ2n) is 12.8. The smallest absolute Gasteiger partial charge is 0.254 e. The Morgan fingerprint density at radius 3 is 2.40 bits per heavy atom. The molecule has 2 N–H and O–H groups in total. The third-order valence-electron chi connectivity index (χ3n) is 8.58. The van der Waals surface area contributed by atoms with Crippen LogP contribution in [0.2, 0.25) is 0 Å². The lowest BCUT2D eigenvalue weighted by Crippen LogP contribution is -2.49. The van der Waals surface area contributed by atoms with Crippen molar-refractivity contribution < 1.29 is 14.7 Å². The number of nitrogens with zero attached hydrogens (tertiary/aromatic N) is 5. The Kier molecular flexibility index (Phi) is 11.8. The molecule has 50 heavy (non-hydrogen) atoms. The minimum absolute atomic E-state index is 0.237. The molecule has 0 aliphatic heterocycles. The molecule has 0 aliphatic carbocycles. The van der Waals surface area contributed by atoms with Gasteiger partial charge in [0.1, 0.15) is 5.01 Å². The van der Waals surface area contributed by atoms with Crippen LogP contribution in [0.4, 0.5) is 5.69 Å². The first-order valence-corrected chi connectivity index (χ1v) is 17.4. The first kappa shape index (κ1) is 35.9. The number of hydrogen-bond donors (Lipinski definition) is 2. The van der Waals surface area contributed by atoms with Crippen LogP contribution in [0.25, 0.3) is 11.1 Å². The van der Waals surface area contributed by atoms with Crippen molar-refractivity contribution in [1.29, 1.82) is 5.26 Å². The number of likely N-dealkylation sites (N-methyl/N-ethyl adjacent to an activating group) is 1. The maximum absolute atomic E-state index is 14.2. The molecule has 0 unspecified atom stereocenters. The number of aromatic nitrogens is 2. The molecule has 0 saturated heterocycles. The number of aliphatic hydroxyl groups is 1. The molecule has 2 amide bonds. The number of amides is 2. The number of rotatable bonds is 13. The summed E-state index contributed by atoms with van der Waals surface area (Å²) in [6.45, 7) is 6.67. The van der Waals surface area contributed by atoms with Gasteiger partial charge in [0.15, 0.2) is 0 Å². The Morgan fingerprint density at radius 2 is 1.70 bits per heavy atom. The van der Waals surface area contributed by atoms with Crippen LogP contribution in [0, 0.1) is 18.3 Å². The first-order valence-electron chi connectivity index (χ1n) is 16.5. The van der Waals surface area contributed by atoms with E-state index in [1.165, 1.54) is 11.3 Å². The topological polar surface area (TPSA) is 122 Å². The van der Waals surface area contributed by atoms with Gasteiger partial charge in [0.05, 0.1) is 42.2 Å². The highest BCUT2D eigenvalue weighted by atomic mass is 32.1. The number of nitriles is 1. The number of hydrogen-bond acceptors (Lipinski definition) is 8. The number of carbonyl (C=O) groups is 2. The van der Waals surface area contributed by atoms with Crippen LogP contribution in [-0.2, 0) is 13.0 Å². The van der Waals surface area contributed by atoms with Crippen molar-refractivity contribution in [3.63, 3.8) is 0 Å². The number of thiazole rings is 1. The zero-order chi connectivity index (χ0) is 35.8. The lowest BCUT2D eigenvalue weighted by atomic mass is 9.95. The van der Waals surface area contributed by atoms with Crippen LogP contribution < -0.4 is 10.2 Å². The van der Waals surface area contributed by atoms with Gasteiger partial charge in [0, 0.05) is 49.0 Å². The zero-order valence-corrected chi connectivity index (χ0v) is 29.8. The van der Waals surface area contributed by atoms with Crippen molar-refractivity contribution in [2.24, 2.45) is 0 Å². The highest BCUT2D eigenvalue weighted by Gasteiger charge is 2.26. The predicted molar refractivity (Wildman–Crippen MR) is 198 cm³/mol. The Balaban J connectivity index is 1.47. The molecule has 2 aromatic heterocycles. The number of carbonyl (C=O) groups excluding carboxylic acids is 2. The molecule has 2 atom stereocenters. The van der Waals surface area contributed by atoms with Crippen LogP contribution in [0.15, 0.2) is 96.6 Å². The molecule has 3 aromatic carbocycles. The van der Waals surface area contributed by atoms with Gasteiger partial charge in [-0.1, -0.05) is 62.4 Å². The van der Waals surface area contributed by atoms with Gasteiger partial charge >= 0.3 is 0 Å². The van der Waals surface area contributed by atoms with Gasteiger partial charge in [-0.05, 0) is 71.8 Å². The standard InChI is InChI=1S/C40H42N6O3S/c1-26(2)33-19-34(22-42-21-33)45(4)23-37(47)36(15-28-11-7-6-8-12-28)44-39(48)31-16-30(35-14-10-9-13-29(35)20-41)17-32(18-31)40(49)46(5)24-38-43-27(3)25-50-38/h6-14,16-19,21-22,25-26,36-37,47H,15,23-24H2,1-5H3,(H,44,48)/t36-,37+/m0/s1. The quantitative estimate of drug-likeness (QED) is 0.143. The average Bonchev–Trinajstić information content (AvgIpc) is 3.54. The summed E-state index contributed by atoms with van der Waals surface area (Å²) in [5.41, 5.74) is 5.93. The van der Waals surface area contributed by atoms with Crippen molar-refractivity contribution in [2.75, 3.05) is 25.5 Å². The second kappa shape index (κ2) is 16.4. The van der Waals surface area contributed by atoms with Gasteiger partial charge in [-0.15, -0.1) is 11.3 Å². The van der Waals surface area contributed by atoms with Gasteiger partial charge in [-0.3, -0.25) is 14.6 Å². The number of benzene rings is 3. The summed E-state index contributed by atoms with van der Waals surface area (Å²) in [5, 5.41) is 27.3. The van der Waals surface area contributed by atoms with E-state index in [1.54, 1.807) is 54.5 Å². The summed E-state index contributed by atoms with van der Waals surface area (Å²) in [6.07, 6.45) is 3.03. The Hall–Kier alpha value is -5.37. The summed E-state index contributed by atoms with van der Waals surface area (Å²) < 4.78 is 0. The monoisotopic (exact) mass is 686 g/mol. The fraction of sp³-hybridized carbons (Fsp3) is 0.275. The van der Waals surface area contributed by atoms with Crippen molar-refractivity contribution in [3.8, 4) is 17.2 Å². The van der Waals surface area contributed by atoms with Crippen LogP contribution >= 0.6 is 11.3 Å². The van der Waals surface area contributed by atoms with E-state index in [0.29, 0.717) is 41.1 Å². The molecule has 0 aliphatic rings. The minimum atomic E-state index is -0.955. The molecule has 0 radical (unpaired) electrons. The van der Waals surface area contributed by atoms with Crippen molar-refractivity contribution in [1.82, 2.24) is 20.2 Å². The van der Waals surface area contributed by atoms with E-state index in [1.807, 2.05) is 66.8 Å². The van der Waals surface area contributed by atoms with Crippen molar-refractivity contribution >= 4 is 28.8 Å². The Labute approximate surface area is 297 Å². The number of anilines is 1. The molecule has 0 bridgehead atoms. The number of nitrogens with one attached hydrogen (secondary N) is 1. The largest absolute Gasteiger partial charge is 0.389 e. The lowest BCUT2D eigenvalue weighted by Gasteiger charge is -2.29. The number of aryl methyl sites for hydroxylation is 1. The van der Waals surface area contributed by atoms with Gasteiger partial charge < -0.3 is 20.2 Å². The van der Waals surface area contributed by atoms with Gasteiger partial charge in [0.2, 0.25) is 0 Å². The van der Waals surface area contributed by atoms with E-state index < -0.39 is 18.1 Å². The van der Waals surface area contributed by atoms with E-state index >= 15 is 0 Å². The molecule has 10 heteroatoms. The van der Waals surface area contributed by atoms with E-state index in [4.69, 9.17) is 0 Å². The normalized spacial score (nSPS) is 12.2. The molecule has 0 fully saturated rings. The third-order valence-corrected chi connectivity index (χ3v) is 9.53. The first-order chi connectivity index (χ1) is 24.0. The lowest BCUT2D eigenvalue weighted by molar-refractivity contribution is 0.0785. The molecule has 2 heterocycles. The van der Waals surface area contributed by atoms with Crippen LogP contribution in [0.3, 0.4) is 0 Å². The summed E-state index contributed by atoms with van der Waals surface area (Å²) in [4.78, 5) is 40.4. The highest BCUT2D eigenvalue weighted by Crippen LogP contribution is 2.27. The van der Waals surface area contributed by atoms with E-state index in [0.717, 1.165) is 27.5 Å². The van der Waals surface area contributed by atoms with Crippen LogP contribution in [0.1, 0.15) is 67.9 Å². The maximum Gasteiger partial charge on any atom is 0.254 e. The van der Waals surface area contributed by atoms with E-state index in [2.05, 4.69) is 41.3 Å². The summed E-state index contributed by atoms with van der Waals surface area (Å²) >= 11 is 1.48. The molecule has 0 spiro atoms. The van der Waals surface area contributed by atoms with Gasteiger partial charge in [-0.25, -0.2) is 4.98 Å². The molecule has 9 nitrogen and oxygen atoms in total. The highest BCUT2D eigenvalue weighted by molar-refractivity contribution is 7.09. The van der Waals surface area contributed by atoms with E-state index in [-0.39, 0.29) is 18.0 Å². The Morgan fingerprint density at radius 1 is 0.980 bits per heavy atom. The van der Waals surface area contributed by atoms with Gasteiger partial charge in [0.25, 0.3) is 11.8 Å². The summed E-state index contributed by atoms with van der Waals surface area (Å²) in [7, 11) is 3.59. The SMILES string of the molecule is Cc1csc(CN(C)C(=O)c2cc(C(=O)N[C@@H](Cc3ccccc3)[C@H](O)CN(C)c3cncc(C(C)C)c3)cc(-c3ccccc3C#N)c2)n1. The number of aliphatic hydroxyl groups excluding tert-OH is 1. The molecule has 5 rings (SSSR count). The molecule has 5 aromatic rings. The predicted octanol–water partition coefficient (Wildman–Crippen LogP) is 6.62. The maximum atomic E-state index is 14.2. The van der Waals surface area contributed by atoms with Crippen molar-refractivity contribution in [3.05, 3.63) is 135 Å².